The van der Waals surface area contributed by atoms with Gasteiger partial charge in [0.1, 0.15) is 11.8 Å². The Morgan fingerprint density at radius 1 is 1.67 bits per heavy atom. The summed E-state index contributed by atoms with van der Waals surface area (Å²) >= 11 is 5.49. The largest absolute Gasteiger partial charge is 0.469 e. The molecule has 1 heterocycles. The van der Waals surface area contributed by atoms with E-state index in [4.69, 9.17) is 16.9 Å². The van der Waals surface area contributed by atoms with Gasteiger partial charge in [0.15, 0.2) is 0 Å². The molecule has 7 heteroatoms. The topological polar surface area (TPSA) is 63.0 Å². The summed E-state index contributed by atoms with van der Waals surface area (Å²) in [6.07, 6.45) is -3.05. The van der Waals surface area contributed by atoms with Crippen LogP contribution in [-0.4, -0.2) is 18.1 Å². The minimum Gasteiger partial charge on any atom is -0.469 e. The number of carbonyl (C=O) groups excluding carboxylic acids is 1. The average molecular weight is 275 g/mol. The molecule has 0 aliphatic rings. The predicted octanol–water partition coefficient (Wildman–Crippen LogP) is 2.35. The van der Waals surface area contributed by atoms with Crippen LogP contribution >= 0.6 is 11.6 Å². The van der Waals surface area contributed by atoms with Crippen LogP contribution in [0.3, 0.4) is 0 Å². The molecule has 0 unspecified atom stereocenters. The van der Waals surface area contributed by atoms with E-state index in [1.807, 2.05) is 0 Å². The predicted molar refractivity (Wildman–Crippen MR) is 59.2 cm³/mol. The molecule has 96 valence electrons. The zero-order chi connectivity index (χ0) is 13.7. The van der Waals surface area contributed by atoms with Gasteiger partial charge in [0.05, 0.1) is 25.1 Å². The normalized spacial score (nSPS) is 10.2. The Balaban J connectivity index is 3.28. The number of pyridine rings is 1. The first-order chi connectivity index (χ1) is 8.53. The monoisotopic (exact) mass is 274 g/mol. The van der Waals surface area contributed by atoms with Gasteiger partial charge in [0.2, 0.25) is 0 Å². The van der Waals surface area contributed by atoms with Crippen molar-refractivity contribution in [1.82, 2.24) is 4.98 Å². The van der Waals surface area contributed by atoms with Crippen LogP contribution in [0, 0.1) is 11.3 Å². The van der Waals surface area contributed by atoms with E-state index in [0.29, 0.717) is 0 Å². The van der Waals surface area contributed by atoms with E-state index in [-0.39, 0.29) is 34.8 Å². The molecule has 1 aromatic heterocycles. The Hall–Kier alpha value is -1.74. The fraction of sp³-hybridized carbons (Fsp3) is 0.364. The lowest BCUT2D eigenvalue weighted by atomic mass is 10.1. The van der Waals surface area contributed by atoms with Gasteiger partial charge in [0, 0.05) is 11.1 Å². The summed E-state index contributed by atoms with van der Waals surface area (Å²) < 4.78 is 29.9. The Bertz CT molecular complexity index is 501. The highest BCUT2D eigenvalue weighted by atomic mass is 35.5. The van der Waals surface area contributed by atoms with Crippen LogP contribution in [0.5, 0.6) is 0 Å². The van der Waals surface area contributed by atoms with Gasteiger partial charge >= 0.3 is 5.97 Å². The molecule has 0 saturated carbocycles. The number of esters is 1. The molecule has 1 rings (SSSR count). The van der Waals surface area contributed by atoms with E-state index in [2.05, 4.69) is 9.72 Å². The molecule has 0 N–H and O–H groups in total. The van der Waals surface area contributed by atoms with Crippen molar-refractivity contribution in [3.63, 3.8) is 0 Å². The standard InChI is InChI=1S/C11H9ClF2N2O2/c1-18-10(17)3-6-2-7(11(13)14)8(4-12)16-9(6)5-15/h2,11H,3-4H2,1H3. The van der Waals surface area contributed by atoms with Crippen LogP contribution in [0.25, 0.3) is 0 Å². The second kappa shape index (κ2) is 6.26. The van der Waals surface area contributed by atoms with Crippen LogP contribution in [0.2, 0.25) is 0 Å². The first-order valence-corrected chi connectivity index (χ1v) is 5.40. The molecule has 0 aromatic carbocycles. The van der Waals surface area contributed by atoms with Crippen molar-refractivity contribution in [2.24, 2.45) is 0 Å². The lowest BCUT2D eigenvalue weighted by molar-refractivity contribution is -0.139. The summed E-state index contributed by atoms with van der Waals surface area (Å²) in [4.78, 5) is 14.8. The maximum Gasteiger partial charge on any atom is 0.310 e. The quantitative estimate of drug-likeness (QED) is 0.624. The minimum absolute atomic E-state index is 0.0585. The molecule has 0 amide bonds. The smallest absolute Gasteiger partial charge is 0.310 e. The van der Waals surface area contributed by atoms with E-state index in [9.17, 15) is 13.6 Å². The first kappa shape index (κ1) is 14.3. The van der Waals surface area contributed by atoms with Crippen LogP contribution in [0.15, 0.2) is 6.07 Å². The molecule has 0 fully saturated rings. The number of hydrogen-bond donors (Lipinski definition) is 0. The second-order valence-electron chi connectivity index (χ2n) is 3.33. The van der Waals surface area contributed by atoms with Gasteiger partial charge in [-0.15, -0.1) is 11.6 Å². The lowest BCUT2D eigenvalue weighted by Gasteiger charge is -2.09. The van der Waals surface area contributed by atoms with Crippen LogP contribution in [-0.2, 0) is 21.8 Å². The third kappa shape index (κ3) is 3.14. The number of methoxy groups -OCH3 is 1. The van der Waals surface area contributed by atoms with E-state index in [1.54, 1.807) is 6.07 Å². The molecule has 0 aliphatic carbocycles. The molecule has 0 bridgehead atoms. The Morgan fingerprint density at radius 2 is 2.33 bits per heavy atom. The van der Waals surface area contributed by atoms with Crippen molar-refractivity contribution in [2.75, 3.05) is 7.11 Å². The highest BCUT2D eigenvalue weighted by Crippen LogP contribution is 2.25. The van der Waals surface area contributed by atoms with E-state index >= 15 is 0 Å². The molecule has 0 atom stereocenters. The van der Waals surface area contributed by atoms with Crippen molar-refractivity contribution in [3.8, 4) is 6.07 Å². The molecule has 0 aliphatic heterocycles. The third-order valence-electron chi connectivity index (χ3n) is 2.24. The summed E-state index contributed by atoms with van der Waals surface area (Å²) in [5, 5.41) is 8.86. The number of carbonyl (C=O) groups is 1. The van der Waals surface area contributed by atoms with Crippen molar-refractivity contribution in [1.29, 1.82) is 5.26 Å². The van der Waals surface area contributed by atoms with Gasteiger partial charge in [0.25, 0.3) is 6.43 Å². The molecular weight excluding hydrogens is 266 g/mol. The van der Waals surface area contributed by atoms with Crippen molar-refractivity contribution in [2.45, 2.75) is 18.7 Å². The van der Waals surface area contributed by atoms with E-state index in [1.165, 1.54) is 7.11 Å². The summed E-state index contributed by atoms with van der Waals surface area (Å²) in [5.41, 5.74) is -0.422. The highest BCUT2D eigenvalue weighted by Gasteiger charge is 2.19. The maximum absolute atomic E-state index is 12.8. The third-order valence-corrected chi connectivity index (χ3v) is 2.50. The van der Waals surface area contributed by atoms with Crippen LogP contribution in [0.4, 0.5) is 8.78 Å². The molecule has 0 spiro atoms. The zero-order valence-corrected chi connectivity index (χ0v) is 10.2. The number of hydrogen-bond acceptors (Lipinski definition) is 4. The zero-order valence-electron chi connectivity index (χ0n) is 9.41. The van der Waals surface area contributed by atoms with Gasteiger partial charge < -0.3 is 4.74 Å². The van der Waals surface area contributed by atoms with Gasteiger partial charge in [-0.2, -0.15) is 5.26 Å². The van der Waals surface area contributed by atoms with Gasteiger partial charge in [-0.3, -0.25) is 4.79 Å². The minimum atomic E-state index is -2.77. The fourth-order valence-electron chi connectivity index (χ4n) is 1.37. The maximum atomic E-state index is 12.8. The summed E-state index contributed by atoms with van der Waals surface area (Å²) in [5.74, 6) is -0.862. The van der Waals surface area contributed by atoms with Crippen LogP contribution < -0.4 is 0 Å². The van der Waals surface area contributed by atoms with Crippen molar-refractivity contribution in [3.05, 3.63) is 28.6 Å². The average Bonchev–Trinajstić information content (AvgIpc) is 2.37. The Morgan fingerprint density at radius 3 is 2.78 bits per heavy atom. The summed E-state index contributed by atoms with van der Waals surface area (Å²) in [6, 6.07) is 2.82. The SMILES string of the molecule is COC(=O)Cc1cc(C(F)F)c(CCl)nc1C#N. The number of nitriles is 1. The number of nitrogens with zero attached hydrogens (tertiary/aromatic N) is 2. The first-order valence-electron chi connectivity index (χ1n) is 4.87. The summed E-state index contributed by atoms with van der Waals surface area (Å²) in [6.45, 7) is 0. The lowest BCUT2D eigenvalue weighted by Crippen LogP contribution is -2.10. The highest BCUT2D eigenvalue weighted by molar-refractivity contribution is 6.17. The molecule has 0 radical (unpaired) electrons. The number of alkyl halides is 3. The molecule has 0 saturated heterocycles. The van der Waals surface area contributed by atoms with E-state index in [0.717, 1.165) is 6.07 Å². The van der Waals surface area contributed by atoms with Crippen molar-refractivity contribution >= 4 is 17.6 Å². The Kier molecular flexibility index (Phi) is 4.98. The molecule has 4 nitrogen and oxygen atoms in total. The Labute approximate surface area is 107 Å². The number of halogens is 3. The number of aromatic nitrogens is 1. The van der Waals surface area contributed by atoms with Gasteiger partial charge in [-0.05, 0) is 6.07 Å². The van der Waals surface area contributed by atoms with Gasteiger partial charge in [-0.1, -0.05) is 0 Å². The molecule has 18 heavy (non-hydrogen) atoms. The molecule has 1 aromatic rings. The van der Waals surface area contributed by atoms with Gasteiger partial charge in [-0.25, -0.2) is 13.8 Å². The fourth-order valence-corrected chi connectivity index (χ4v) is 1.58. The van der Waals surface area contributed by atoms with Crippen LogP contribution in [0.1, 0.15) is 28.9 Å². The van der Waals surface area contributed by atoms with E-state index < -0.39 is 12.4 Å². The van der Waals surface area contributed by atoms with Crippen molar-refractivity contribution < 1.29 is 18.3 Å². The molecular formula is C11H9ClF2N2O2. The summed E-state index contributed by atoms with van der Waals surface area (Å²) in [7, 11) is 1.17. The number of rotatable bonds is 4. The second-order valence-corrected chi connectivity index (χ2v) is 3.60. The number of ether oxygens (including phenoxy) is 1.